The molecule has 0 saturated heterocycles. The van der Waals surface area contributed by atoms with Crippen molar-refractivity contribution in [1.29, 1.82) is 0 Å². The van der Waals surface area contributed by atoms with Gasteiger partial charge in [-0.1, -0.05) is 62.4 Å². The molecule has 1 N–H and O–H groups in total. The van der Waals surface area contributed by atoms with Gasteiger partial charge in [0.15, 0.2) is 12.4 Å². The SMILES string of the molecule is CCc1cccc(CC)c1NC(=O)COC(=O)[C@H]1[C@H]2CC[C@@H](C2)[C@@H]1C(=O)c1ccccc1. The molecule has 2 aliphatic carbocycles. The van der Waals surface area contributed by atoms with Gasteiger partial charge in [0, 0.05) is 17.2 Å². The minimum absolute atomic E-state index is 0.0219. The van der Waals surface area contributed by atoms with Gasteiger partial charge in [0.25, 0.3) is 5.91 Å². The molecule has 2 bridgehead atoms. The van der Waals surface area contributed by atoms with Crippen LogP contribution in [-0.2, 0) is 27.2 Å². The molecule has 2 aromatic carbocycles. The first kappa shape index (κ1) is 22.3. The number of nitrogens with one attached hydrogen (secondary N) is 1. The van der Waals surface area contributed by atoms with Gasteiger partial charge in [-0.25, -0.2) is 0 Å². The predicted molar refractivity (Wildman–Crippen MR) is 123 cm³/mol. The van der Waals surface area contributed by atoms with Crippen molar-refractivity contribution in [3.05, 3.63) is 65.2 Å². The Hall–Kier alpha value is -2.95. The first-order valence-electron chi connectivity index (χ1n) is 11.7. The van der Waals surface area contributed by atoms with E-state index in [2.05, 4.69) is 5.32 Å². The second-order valence-electron chi connectivity index (χ2n) is 8.93. The van der Waals surface area contributed by atoms with Gasteiger partial charge in [-0.05, 0) is 55.1 Å². The molecule has 0 heterocycles. The zero-order valence-electron chi connectivity index (χ0n) is 18.8. The molecule has 0 spiro atoms. The Bertz CT molecular complexity index is 978. The topological polar surface area (TPSA) is 72.5 Å². The lowest BCUT2D eigenvalue weighted by atomic mass is 9.75. The molecule has 0 unspecified atom stereocenters. The van der Waals surface area contributed by atoms with Gasteiger partial charge in [0.2, 0.25) is 0 Å². The average Bonchev–Trinajstić information content (AvgIpc) is 3.44. The van der Waals surface area contributed by atoms with E-state index in [9.17, 15) is 14.4 Å². The average molecular weight is 434 g/mol. The third-order valence-corrected chi connectivity index (χ3v) is 7.16. The van der Waals surface area contributed by atoms with E-state index >= 15 is 0 Å². The fraction of sp³-hybridized carbons (Fsp3) is 0.444. The Kier molecular flexibility index (Phi) is 6.73. The molecular weight excluding hydrogens is 402 g/mol. The van der Waals surface area contributed by atoms with Crippen molar-refractivity contribution in [2.45, 2.75) is 46.0 Å². The molecule has 5 heteroatoms. The molecule has 168 valence electrons. The maximum atomic E-state index is 13.2. The van der Waals surface area contributed by atoms with Crippen LogP contribution in [0.15, 0.2) is 48.5 Å². The molecule has 0 radical (unpaired) electrons. The van der Waals surface area contributed by atoms with Crippen LogP contribution in [0.3, 0.4) is 0 Å². The van der Waals surface area contributed by atoms with Crippen molar-refractivity contribution in [1.82, 2.24) is 0 Å². The van der Waals surface area contributed by atoms with Gasteiger partial charge >= 0.3 is 5.97 Å². The minimum Gasteiger partial charge on any atom is -0.455 e. The molecule has 2 fully saturated rings. The third-order valence-electron chi connectivity index (χ3n) is 7.16. The van der Waals surface area contributed by atoms with Crippen LogP contribution < -0.4 is 5.32 Å². The standard InChI is InChI=1S/C27H31NO4/c1-3-17-11-8-12-18(4-2)25(17)28-22(29)16-32-27(31)24-21-14-13-20(15-21)23(24)26(30)19-9-6-5-7-10-19/h5-12,20-21,23-24H,3-4,13-16H2,1-2H3,(H,28,29)/t20-,21-,23-,24-/m0/s1. The number of para-hydroxylation sites is 1. The van der Waals surface area contributed by atoms with Crippen molar-refractivity contribution >= 4 is 23.3 Å². The maximum absolute atomic E-state index is 13.2. The molecule has 2 saturated carbocycles. The molecule has 4 atom stereocenters. The van der Waals surface area contributed by atoms with E-state index in [1.54, 1.807) is 12.1 Å². The number of esters is 1. The molecule has 2 aromatic rings. The Labute approximate surface area is 189 Å². The summed E-state index contributed by atoms with van der Waals surface area (Å²) in [5, 5.41) is 2.94. The van der Waals surface area contributed by atoms with Crippen LogP contribution in [0.2, 0.25) is 0 Å². The summed E-state index contributed by atoms with van der Waals surface area (Å²) in [6.45, 7) is 3.76. The number of ether oxygens (including phenoxy) is 1. The predicted octanol–water partition coefficient (Wildman–Crippen LogP) is 4.84. The van der Waals surface area contributed by atoms with Gasteiger partial charge in [-0.3, -0.25) is 14.4 Å². The zero-order valence-corrected chi connectivity index (χ0v) is 18.8. The number of hydrogen-bond donors (Lipinski definition) is 1. The number of benzene rings is 2. The smallest absolute Gasteiger partial charge is 0.310 e. The molecule has 0 aliphatic heterocycles. The highest BCUT2D eigenvalue weighted by molar-refractivity contribution is 6.01. The highest BCUT2D eigenvalue weighted by Crippen LogP contribution is 2.53. The van der Waals surface area contributed by atoms with Gasteiger partial charge in [0.1, 0.15) is 0 Å². The lowest BCUT2D eigenvalue weighted by Crippen LogP contribution is -2.37. The van der Waals surface area contributed by atoms with E-state index < -0.39 is 11.9 Å². The fourth-order valence-corrected chi connectivity index (χ4v) is 5.61. The number of ketones is 1. The number of carbonyl (C=O) groups is 3. The number of amides is 1. The monoisotopic (exact) mass is 433 g/mol. The molecule has 4 rings (SSSR count). The Morgan fingerprint density at radius 1 is 0.875 bits per heavy atom. The summed E-state index contributed by atoms with van der Waals surface area (Å²) < 4.78 is 5.47. The largest absolute Gasteiger partial charge is 0.455 e. The van der Waals surface area contributed by atoms with Crippen LogP contribution >= 0.6 is 0 Å². The molecular formula is C27H31NO4. The van der Waals surface area contributed by atoms with Crippen LogP contribution in [0.1, 0.15) is 54.6 Å². The first-order valence-corrected chi connectivity index (χ1v) is 11.7. The summed E-state index contributed by atoms with van der Waals surface area (Å²) in [5.41, 5.74) is 3.58. The second kappa shape index (κ2) is 9.68. The Balaban J connectivity index is 1.42. The van der Waals surface area contributed by atoms with Crippen LogP contribution in [0.5, 0.6) is 0 Å². The number of carbonyl (C=O) groups excluding carboxylic acids is 3. The summed E-state index contributed by atoms with van der Waals surface area (Å²) in [7, 11) is 0. The number of aryl methyl sites for hydroxylation is 2. The molecule has 0 aromatic heterocycles. The van der Waals surface area contributed by atoms with E-state index in [4.69, 9.17) is 4.74 Å². The van der Waals surface area contributed by atoms with E-state index in [-0.39, 0.29) is 36.1 Å². The number of Topliss-reactive ketones (excluding diaryl/α,β-unsaturated/α-hetero) is 1. The van der Waals surface area contributed by atoms with Crippen LogP contribution in [0.25, 0.3) is 0 Å². The summed E-state index contributed by atoms with van der Waals surface area (Å²) in [6.07, 6.45) is 4.42. The number of anilines is 1. The van der Waals surface area contributed by atoms with Crippen molar-refractivity contribution < 1.29 is 19.1 Å². The highest BCUT2D eigenvalue weighted by atomic mass is 16.5. The number of hydrogen-bond acceptors (Lipinski definition) is 4. The highest BCUT2D eigenvalue weighted by Gasteiger charge is 2.54. The number of rotatable bonds is 8. The Morgan fingerprint density at radius 3 is 2.12 bits per heavy atom. The maximum Gasteiger partial charge on any atom is 0.310 e. The quantitative estimate of drug-likeness (QED) is 0.478. The van der Waals surface area contributed by atoms with Crippen LogP contribution in [0, 0.1) is 23.7 Å². The molecule has 2 aliphatic rings. The number of fused-ring (bicyclic) bond motifs is 2. The summed E-state index contributed by atoms with van der Waals surface area (Å²) >= 11 is 0. The normalized spacial score (nSPS) is 23.7. The van der Waals surface area contributed by atoms with Crippen molar-refractivity contribution in [3.63, 3.8) is 0 Å². The van der Waals surface area contributed by atoms with E-state index in [1.165, 1.54) is 0 Å². The lowest BCUT2D eigenvalue weighted by Gasteiger charge is -2.28. The summed E-state index contributed by atoms with van der Waals surface area (Å²) in [5.74, 6) is -1.15. The fourth-order valence-electron chi connectivity index (χ4n) is 5.61. The van der Waals surface area contributed by atoms with Gasteiger partial charge in [0.05, 0.1) is 5.92 Å². The minimum atomic E-state index is -0.455. The van der Waals surface area contributed by atoms with Gasteiger partial charge < -0.3 is 10.1 Å². The van der Waals surface area contributed by atoms with E-state index in [1.807, 2.05) is 50.2 Å². The van der Waals surface area contributed by atoms with E-state index in [0.717, 1.165) is 48.9 Å². The molecule has 1 amide bonds. The molecule has 32 heavy (non-hydrogen) atoms. The summed E-state index contributed by atoms with van der Waals surface area (Å²) in [6, 6.07) is 15.2. The zero-order chi connectivity index (χ0) is 22.7. The second-order valence-corrected chi connectivity index (χ2v) is 8.93. The lowest BCUT2D eigenvalue weighted by molar-refractivity contribution is -0.154. The summed E-state index contributed by atoms with van der Waals surface area (Å²) in [4.78, 5) is 38.8. The van der Waals surface area contributed by atoms with Gasteiger partial charge in [-0.2, -0.15) is 0 Å². The van der Waals surface area contributed by atoms with Crippen LogP contribution in [0.4, 0.5) is 5.69 Å². The van der Waals surface area contributed by atoms with Crippen molar-refractivity contribution in [2.24, 2.45) is 23.7 Å². The Morgan fingerprint density at radius 2 is 1.50 bits per heavy atom. The third kappa shape index (κ3) is 4.34. The molecule has 5 nitrogen and oxygen atoms in total. The first-order chi connectivity index (χ1) is 15.5. The van der Waals surface area contributed by atoms with Crippen LogP contribution in [-0.4, -0.2) is 24.3 Å². The van der Waals surface area contributed by atoms with Gasteiger partial charge in [-0.15, -0.1) is 0 Å². The van der Waals surface area contributed by atoms with Crippen molar-refractivity contribution in [2.75, 3.05) is 11.9 Å². The van der Waals surface area contributed by atoms with Crippen molar-refractivity contribution in [3.8, 4) is 0 Å². The van der Waals surface area contributed by atoms with E-state index in [0.29, 0.717) is 5.56 Å².